The molecule has 0 bridgehead atoms. The van der Waals surface area contributed by atoms with Crippen LogP contribution in [-0.4, -0.2) is 38.4 Å². The summed E-state index contributed by atoms with van der Waals surface area (Å²) >= 11 is 4.93. The Morgan fingerprint density at radius 3 is 2.59 bits per heavy atom. The highest BCUT2D eigenvalue weighted by Gasteiger charge is 2.31. The van der Waals surface area contributed by atoms with Gasteiger partial charge in [0.25, 0.3) is 17.5 Å². The molecule has 1 saturated heterocycles. The van der Waals surface area contributed by atoms with Gasteiger partial charge in [-0.1, -0.05) is 6.07 Å². The molecule has 0 radical (unpaired) electrons. The summed E-state index contributed by atoms with van der Waals surface area (Å²) < 4.78 is 1.83. The minimum atomic E-state index is -0.553. The van der Waals surface area contributed by atoms with Crippen LogP contribution < -0.4 is 5.32 Å². The molecule has 0 aliphatic carbocycles. The fourth-order valence-electron chi connectivity index (χ4n) is 2.98. The first-order valence-corrected chi connectivity index (χ1v) is 8.40. The minimum absolute atomic E-state index is 0.0168. The fourth-order valence-corrected chi connectivity index (χ4v) is 3.15. The van der Waals surface area contributed by atoms with Gasteiger partial charge in [-0.3, -0.25) is 29.9 Å². The third kappa shape index (κ3) is 3.24. The zero-order valence-corrected chi connectivity index (χ0v) is 15.7. The Bertz CT molecular complexity index is 1040. The lowest BCUT2D eigenvalue weighted by Gasteiger charge is -2.25. The number of carbonyl (C=O) groups is 2. The van der Waals surface area contributed by atoms with Gasteiger partial charge in [0.05, 0.1) is 10.6 Å². The van der Waals surface area contributed by atoms with E-state index >= 15 is 0 Å². The molecule has 1 aromatic carbocycles. The Labute approximate surface area is 160 Å². The molecule has 1 aliphatic heterocycles. The van der Waals surface area contributed by atoms with Gasteiger partial charge in [0.1, 0.15) is 5.57 Å². The second kappa shape index (κ2) is 6.76. The summed E-state index contributed by atoms with van der Waals surface area (Å²) in [7, 11) is 1.49. The molecule has 2 amide bonds. The van der Waals surface area contributed by atoms with E-state index < -0.39 is 16.7 Å². The van der Waals surface area contributed by atoms with Crippen molar-refractivity contribution in [2.75, 3.05) is 7.05 Å². The lowest BCUT2D eigenvalue weighted by molar-refractivity contribution is -0.384. The second-order valence-corrected chi connectivity index (χ2v) is 6.51. The van der Waals surface area contributed by atoms with Crippen molar-refractivity contribution in [3.05, 3.63) is 63.0 Å². The summed E-state index contributed by atoms with van der Waals surface area (Å²) in [5, 5.41) is 13.6. The van der Waals surface area contributed by atoms with Crippen LogP contribution in [0.25, 0.3) is 11.8 Å². The van der Waals surface area contributed by atoms with Gasteiger partial charge in [0.15, 0.2) is 5.11 Å². The van der Waals surface area contributed by atoms with Gasteiger partial charge in [-0.2, -0.15) is 0 Å². The van der Waals surface area contributed by atoms with Crippen molar-refractivity contribution in [1.82, 2.24) is 14.8 Å². The Kier molecular flexibility index (Phi) is 4.63. The molecular weight excluding hydrogens is 368 g/mol. The van der Waals surface area contributed by atoms with Gasteiger partial charge in [-0.05, 0) is 49.8 Å². The third-order valence-electron chi connectivity index (χ3n) is 4.37. The number of carbonyl (C=O) groups excluding carboxylic acids is 2. The molecule has 0 spiro atoms. The van der Waals surface area contributed by atoms with Crippen LogP contribution in [0.3, 0.4) is 0 Å². The van der Waals surface area contributed by atoms with Crippen molar-refractivity contribution in [2.24, 2.45) is 0 Å². The summed E-state index contributed by atoms with van der Waals surface area (Å²) in [4.78, 5) is 36.3. The molecule has 2 aromatic rings. The topological polar surface area (TPSA) is 97.5 Å². The monoisotopic (exact) mass is 384 g/mol. The standard InChI is InChI=1S/C18H16N4O4S/c1-10-7-12(8-15-16(23)19-18(27)20(3)17(15)24)11(2)21(10)13-5-4-6-14(9-13)22(25)26/h4-9H,1-3H3,(H,19,23,27)/b15-8+. The summed E-state index contributed by atoms with van der Waals surface area (Å²) in [6.45, 7) is 3.66. The smallest absolute Gasteiger partial charge is 0.271 e. The highest BCUT2D eigenvalue weighted by Crippen LogP contribution is 2.26. The Morgan fingerprint density at radius 2 is 1.93 bits per heavy atom. The van der Waals surface area contributed by atoms with E-state index in [4.69, 9.17) is 12.2 Å². The van der Waals surface area contributed by atoms with Crippen LogP contribution in [0.4, 0.5) is 5.69 Å². The van der Waals surface area contributed by atoms with Crippen LogP contribution in [0, 0.1) is 24.0 Å². The van der Waals surface area contributed by atoms with Crippen molar-refractivity contribution >= 4 is 40.9 Å². The molecule has 1 aromatic heterocycles. The number of aryl methyl sites for hydroxylation is 1. The predicted octanol–water partition coefficient (Wildman–Crippen LogP) is 2.26. The van der Waals surface area contributed by atoms with Crippen LogP contribution in [0.1, 0.15) is 17.0 Å². The molecule has 0 atom stereocenters. The number of rotatable bonds is 3. The molecule has 1 fully saturated rings. The van der Waals surface area contributed by atoms with Gasteiger partial charge in [0.2, 0.25) is 0 Å². The Hall–Kier alpha value is -3.33. The van der Waals surface area contributed by atoms with E-state index in [-0.39, 0.29) is 16.4 Å². The molecule has 1 N–H and O–H groups in total. The number of thiocarbonyl (C=S) groups is 1. The van der Waals surface area contributed by atoms with Crippen LogP contribution in [0.15, 0.2) is 35.9 Å². The average Bonchev–Trinajstić information content (AvgIpc) is 2.90. The number of hydrogen-bond donors (Lipinski definition) is 1. The quantitative estimate of drug-likeness (QED) is 0.288. The van der Waals surface area contributed by atoms with Gasteiger partial charge < -0.3 is 4.57 Å². The molecule has 1 aliphatic rings. The summed E-state index contributed by atoms with van der Waals surface area (Å²) in [5.74, 6) is -1.04. The highest BCUT2D eigenvalue weighted by atomic mass is 32.1. The number of non-ortho nitro benzene ring substituents is 1. The number of nitrogens with one attached hydrogen (secondary N) is 1. The SMILES string of the molecule is Cc1cc(/C=C2\C(=O)NC(=S)N(C)C2=O)c(C)n1-c1cccc([N+](=O)[O-])c1. The largest absolute Gasteiger partial charge is 0.318 e. The number of nitrogens with zero attached hydrogens (tertiary/aromatic N) is 3. The molecule has 138 valence electrons. The minimum Gasteiger partial charge on any atom is -0.318 e. The van der Waals surface area contributed by atoms with Crippen LogP contribution in [0.2, 0.25) is 0 Å². The molecule has 0 saturated carbocycles. The first-order valence-electron chi connectivity index (χ1n) is 7.99. The summed E-state index contributed by atoms with van der Waals surface area (Å²) in [5.41, 5.74) is 2.81. The van der Waals surface area contributed by atoms with Crippen molar-refractivity contribution in [1.29, 1.82) is 0 Å². The first-order chi connectivity index (χ1) is 12.7. The van der Waals surface area contributed by atoms with Gasteiger partial charge in [0, 0.05) is 30.6 Å². The first kappa shape index (κ1) is 18.5. The van der Waals surface area contributed by atoms with Gasteiger partial charge in [-0.15, -0.1) is 0 Å². The number of amides is 2. The van der Waals surface area contributed by atoms with Crippen LogP contribution in [-0.2, 0) is 9.59 Å². The van der Waals surface area contributed by atoms with Gasteiger partial charge in [-0.25, -0.2) is 0 Å². The van der Waals surface area contributed by atoms with E-state index in [1.54, 1.807) is 12.1 Å². The number of aromatic nitrogens is 1. The molecule has 3 rings (SSSR count). The van der Waals surface area contributed by atoms with Crippen LogP contribution in [0.5, 0.6) is 0 Å². The molecule has 0 unspecified atom stereocenters. The maximum Gasteiger partial charge on any atom is 0.271 e. The summed E-state index contributed by atoms with van der Waals surface area (Å²) in [6.07, 6.45) is 1.51. The van der Waals surface area contributed by atoms with E-state index in [9.17, 15) is 19.7 Å². The Morgan fingerprint density at radius 1 is 1.22 bits per heavy atom. The molecule has 8 nitrogen and oxygen atoms in total. The maximum atomic E-state index is 12.4. The van der Waals surface area contributed by atoms with Crippen molar-refractivity contribution in [3.63, 3.8) is 0 Å². The maximum absolute atomic E-state index is 12.4. The predicted molar refractivity (Wildman–Crippen MR) is 103 cm³/mol. The lowest BCUT2D eigenvalue weighted by Crippen LogP contribution is -2.52. The number of nitro groups is 1. The lowest BCUT2D eigenvalue weighted by atomic mass is 10.1. The molecule has 2 heterocycles. The summed E-state index contributed by atoms with van der Waals surface area (Å²) in [6, 6.07) is 8.08. The highest BCUT2D eigenvalue weighted by molar-refractivity contribution is 7.80. The van der Waals surface area contributed by atoms with Gasteiger partial charge >= 0.3 is 0 Å². The number of likely N-dealkylation sites (N-methyl/N-ethyl adjacent to an activating group) is 1. The van der Waals surface area contributed by atoms with E-state index in [2.05, 4.69) is 5.32 Å². The van der Waals surface area contributed by atoms with Crippen molar-refractivity contribution in [2.45, 2.75) is 13.8 Å². The zero-order valence-electron chi connectivity index (χ0n) is 14.8. The fraction of sp³-hybridized carbons (Fsp3) is 0.167. The second-order valence-electron chi connectivity index (χ2n) is 6.12. The number of hydrogen-bond acceptors (Lipinski definition) is 5. The van der Waals surface area contributed by atoms with E-state index in [1.165, 1.54) is 30.2 Å². The van der Waals surface area contributed by atoms with E-state index in [0.29, 0.717) is 11.3 Å². The zero-order chi connectivity index (χ0) is 19.9. The molecule has 9 heteroatoms. The Balaban J connectivity index is 2.08. The normalized spacial score (nSPS) is 16.0. The number of nitro benzene ring substituents is 1. The van der Waals surface area contributed by atoms with Crippen molar-refractivity contribution < 1.29 is 14.5 Å². The third-order valence-corrected chi connectivity index (χ3v) is 4.75. The number of benzene rings is 1. The average molecular weight is 384 g/mol. The molecule has 27 heavy (non-hydrogen) atoms. The molecular formula is C18H16N4O4S. The van der Waals surface area contributed by atoms with E-state index in [1.807, 2.05) is 24.5 Å². The van der Waals surface area contributed by atoms with E-state index in [0.717, 1.165) is 11.4 Å². The van der Waals surface area contributed by atoms with Crippen LogP contribution >= 0.6 is 12.2 Å². The van der Waals surface area contributed by atoms with Crippen molar-refractivity contribution in [3.8, 4) is 5.69 Å².